The highest BCUT2D eigenvalue weighted by molar-refractivity contribution is 5.83. The first-order valence-electron chi connectivity index (χ1n) is 10.7. The van der Waals surface area contributed by atoms with E-state index in [4.69, 9.17) is 11.3 Å². The first kappa shape index (κ1) is 23.4. The van der Waals surface area contributed by atoms with E-state index in [1.165, 1.54) is 0 Å². The molecule has 2 rings (SSSR count). The SMILES string of the molecule is [C-]#[N+]C1(Cc2cccc(C(C)(CCCC(C)(C)CO)C(=O)OC(C)(C)C)c2)CC1. The Labute approximate surface area is 176 Å². The second-order valence-corrected chi connectivity index (χ2v) is 10.7. The van der Waals surface area contributed by atoms with Crippen LogP contribution in [0.4, 0.5) is 0 Å². The van der Waals surface area contributed by atoms with Crippen molar-refractivity contribution in [2.45, 2.75) is 96.6 Å². The van der Waals surface area contributed by atoms with E-state index in [2.05, 4.69) is 17.0 Å². The number of carbonyl (C=O) groups excluding carboxylic acids is 1. The van der Waals surface area contributed by atoms with E-state index >= 15 is 0 Å². The lowest BCUT2D eigenvalue weighted by Gasteiger charge is -2.33. The molecule has 1 aromatic carbocycles. The van der Waals surface area contributed by atoms with E-state index in [1.807, 2.05) is 53.7 Å². The molecule has 0 spiro atoms. The Morgan fingerprint density at radius 3 is 2.34 bits per heavy atom. The van der Waals surface area contributed by atoms with Gasteiger partial charge >= 0.3 is 5.97 Å². The second-order valence-electron chi connectivity index (χ2n) is 10.7. The number of aliphatic hydroxyl groups is 1. The molecule has 0 saturated heterocycles. The van der Waals surface area contributed by atoms with E-state index in [0.29, 0.717) is 6.42 Å². The van der Waals surface area contributed by atoms with E-state index in [9.17, 15) is 9.90 Å². The summed E-state index contributed by atoms with van der Waals surface area (Å²) in [6.07, 6.45) is 4.97. The molecule has 0 radical (unpaired) electrons. The Morgan fingerprint density at radius 1 is 1.17 bits per heavy atom. The van der Waals surface area contributed by atoms with Gasteiger partial charge < -0.3 is 14.7 Å². The molecule has 0 amide bonds. The van der Waals surface area contributed by atoms with Crippen molar-refractivity contribution in [3.8, 4) is 0 Å². The summed E-state index contributed by atoms with van der Waals surface area (Å²) in [5, 5.41) is 9.56. The van der Waals surface area contributed by atoms with Gasteiger partial charge in [0.05, 0.1) is 11.8 Å². The normalized spacial score (nSPS) is 17.9. The monoisotopic (exact) mass is 399 g/mol. The topological polar surface area (TPSA) is 50.9 Å². The van der Waals surface area contributed by atoms with Crippen molar-refractivity contribution in [2.24, 2.45) is 5.41 Å². The second kappa shape index (κ2) is 8.48. The van der Waals surface area contributed by atoms with E-state index in [-0.39, 0.29) is 23.5 Å². The van der Waals surface area contributed by atoms with Crippen LogP contribution in [0.2, 0.25) is 0 Å². The summed E-state index contributed by atoms with van der Waals surface area (Å²) in [4.78, 5) is 17.1. The third-order valence-corrected chi connectivity index (χ3v) is 5.97. The van der Waals surface area contributed by atoms with Gasteiger partial charge in [0.15, 0.2) is 0 Å². The standard InChI is InChI=1S/C25H37NO3/c1-22(2,3)29-21(28)24(6,13-9-12-23(4,5)18-27)20-11-8-10-19(16-20)17-25(26-7)14-15-25/h8,10-11,16,27H,9,12-15,17-18H2,1-6H3. The maximum Gasteiger partial charge on any atom is 0.316 e. The smallest absolute Gasteiger partial charge is 0.316 e. The third kappa shape index (κ3) is 6.31. The van der Waals surface area contributed by atoms with Crippen LogP contribution in [-0.4, -0.2) is 28.8 Å². The van der Waals surface area contributed by atoms with Gasteiger partial charge in [-0.05, 0) is 57.1 Å². The van der Waals surface area contributed by atoms with Crippen LogP contribution in [0, 0.1) is 12.0 Å². The molecule has 4 heteroatoms. The number of nitrogens with zero attached hydrogens (tertiary/aromatic N) is 1. The van der Waals surface area contributed by atoms with Crippen LogP contribution in [0.5, 0.6) is 0 Å². The summed E-state index contributed by atoms with van der Waals surface area (Å²) in [5.74, 6) is -0.213. The highest BCUT2D eigenvalue weighted by atomic mass is 16.6. The van der Waals surface area contributed by atoms with E-state index in [0.717, 1.165) is 43.2 Å². The molecular formula is C25H37NO3. The summed E-state index contributed by atoms with van der Waals surface area (Å²) >= 11 is 0. The average molecular weight is 400 g/mol. The molecule has 1 atom stereocenters. The Hall–Kier alpha value is -1.86. The first-order valence-corrected chi connectivity index (χ1v) is 10.7. The molecule has 1 N–H and O–H groups in total. The van der Waals surface area contributed by atoms with E-state index in [1.54, 1.807) is 0 Å². The third-order valence-electron chi connectivity index (χ3n) is 5.97. The van der Waals surface area contributed by atoms with Crippen LogP contribution in [-0.2, 0) is 21.4 Å². The Balaban J connectivity index is 2.29. The molecular weight excluding hydrogens is 362 g/mol. The molecule has 1 saturated carbocycles. The zero-order valence-corrected chi connectivity index (χ0v) is 19.0. The molecule has 0 aromatic heterocycles. The van der Waals surface area contributed by atoms with Gasteiger partial charge in [0.25, 0.3) is 0 Å². The van der Waals surface area contributed by atoms with Crippen molar-refractivity contribution in [1.29, 1.82) is 0 Å². The lowest BCUT2D eigenvalue weighted by molar-refractivity contribution is -0.162. The summed E-state index contributed by atoms with van der Waals surface area (Å²) in [6.45, 7) is 19.3. The van der Waals surface area contributed by atoms with Crippen LogP contribution >= 0.6 is 0 Å². The van der Waals surface area contributed by atoms with Gasteiger partial charge in [0.1, 0.15) is 5.60 Å². The number of hydrogen-bond acceptors (Lipinski definition) is 3. The number of carbonyl (C=O) groups is 1. The van der Waals surface area contributed by atoms with Crippen LogP contribution in [0.25, 0.3) is 4.85 Å². The van der Waals surface area contributed by atoms with E-state index < -0.39 is 11.0 Å². The highest BCUT2D eigenvalue weighted by Crippen LogP contribution is 2.43. The molecule has 1 aromatic rings. The Kier molecular flexibility index (Phi) is 6.85. The van der Waals surface area contributed by atoms with Crippen molar-refractivity contribution >= 4 is 5.97 Å². The molecule has 1 unspecified atom stereocenters. The zero-order chi connectivity index (χ0) is 21.9. The minimum absolute atomic E-state index is 0.129. The summed E-state index contributed by atoms with van der Waals surface area (Å²) in [7, 11) is 0. The fourth-order valence-electron chi connectivity index (χ4n) is 3.63. The number of ether oxygens (including phenoxy) is 1. The molecule has 4 nitrogen and oxygen atoms in total. The van der Waals surface area contributed by atoms with Crippen molar-refractivity contribution in [2.75, 3.05) is 6.61 Å². The summed E-state index contributed by atoms with van der Waals surface area (Å²) in [5.41, 5.74) is 0.358. The molecule has 160 valence electrons. The zero-order valence-electron chi connectivity index (χ0n) is 19.0. The van der Waals surface area contributed by atoms with Crippen molar-refractivity contribution in [3.05, 3.63) is 46.8 Å². The van der Waals surface area contributed by atoms with Crippen LogP contribution in [0.1, 0.15) is 84.8 Å². The molecule has 1 fully saturated rings. The van der Waals surface area contributed by atoms with Crippen LogP contribution in [0.15, 0.2) is 24.3 Å². The fourth-order valence-corrected chi connectivity index (χ4v) is 3.63. The summed E-state index contributed by atoms with van der Waals surface area (Å²) in [6, 6.07) is 8.14. The molecule has 0 bridgehead atoms. The predicted molar refractivity (Wildman–Crippen MR) is 117 cm³/mol. The molecule has 1 aliphatic rings. The van der Waals surface area contributed by atoms with Gasteiger partial charge in [-0.25, -0.2) is 6.57 Å². The number of benzene rings is 1. The number of esters is 1. The van der Waals surface area contributed by atoms with Gasteiger partial charge in [-0.2, -0.15) is 0 Å². The molecule has 0 aliphatic heterocycles. The van der Waals surface area contributed by atoms with Gasteiger partial charge in [-0.15, -0.1) is 0 Å². The number of rotatable bonds is 9. The highest BCUT2D eigenvalue weighted by Gasteiger charge is 2.50. The van der Waals surface area contributed by atoms with Crippen molar-refractivity contribution in [1.82, 2.24) is 0 Å². The van der Waals surface area contributed by atoms with Crippen molar-refractivity contribution < 1.29 is 14.6 Å². The van der Waals surface area contributed by atoms with Gasteiger partial charge in [0, 0.05) is 19.4 Å². The predicted octanol–water partition coefficient (Wildman–Crippen LogP) is 5.47. The minimum atomic E-state index is -0.760. The Bertz CT molecular complexity index is 765. The van der Waals surface area contributed by atoms with Crippen LogP contribution < -0.4 is 0 Å². The first-order chi connectivity index (χ1) is 13.3. The average Bonchev–Trinajstić information content (AvgIpc) is 3.40. The number of hydrogen-bond donors (Lipinski definition) is 1. The molecule has 29 heavy (non-hydrogen) atoms. The fraction of sp³-hybridized carbons (Fsp3) is 0.680. The van der Waals surface area contributed by atoms with Crippen LogP contribution in [0.3, 0.4) is 0 Å². The molecule has 1 aliphatic carbocycles. The minimum Gasteiger partial charge on any atom is -0.459 e. The van der Waals surface area contributed by atoms with Gasteiger partial charge in [0.2, 0.25) is 5.54 Å². The largest absolute Gasteiger partial charge is 0.459 e. The lowest BCUT2D eigenvalue weighted by atomic mass is 9.75. The number of aliphatic hydroxyl groups excluding tert-OH is 1. The maximum absolute atomic E-state index is 13.3. The van der Waals surface area contributed by atoms with Crippen molar-refractivity contribution in [3.63, 3.8) is 0 Å². The Morgan fingerprint density at radius 2 is 1.83 bits per heavy atom. The quantitative estimate of drug-likeness (QED) is 0.442. The lowest BCUT2D eigenvalue weighted by Crippen LogP contribution is -2.39. The van der Waals surface area contributed by atoms with Gasteiger partial charge in [-0.3, -0.25) is 4.79 Å². The summed E-state index contributed by atoms with van der Waals surface area (Å²) < 4.78 is 5.80. The molecule has 0 heterocycles. The maximum atomic E-state index is 13.3. The van der Waals surface area contributed by atoms with Gasteiger partial charge in [-0.1, -0.05) is 44.5 Å².